The smallest absolute Gasteiger partial charge is 0.416 e. The van der Waals surface area contributed by atoms with Crippen molar-refractivity contribution in [3.8, 4) is 17.2 Å². The van der Waals surface area contributed by atoms with Crippen molar-refractivity contribution in [1.82, 2.24) is 0 Å². The number of benzene rings is 3. The zero-order valence-corrected chi connectivity index (χ0v) is 20.9. The number of nitrogens with one attached hydrogen (secondary N) is 1. The highest BCUT2D eigenvalue weighted by atomic mass is 19.4. The number of fused-ring (bicyclic) bond motifs is 1. The van der Waals surface area contributed by atoms with E-state index < -0.39 is 35.0 Å². The topological polar surface area (TPSA) is 77.1 Å². The molecule has 1 aliphatic rings. The van der Waals surface area contributed by atoms with E-state index in [0.717, 1.165) is 0 Å². The summed E-state index contributed by atoms with van der Waals surface area (Å²) in [5.74, 6) is 0.00153. The van der Waals surface area contributed by atoms with Gasteiger partial charge in [0, 0.05) is 17.8 Å². The lowest BCUT2D eigenvalue weighted by molar-refractivity contribution is -0.143. The molecule has 0 radical (unpaired) electrons. The Morgan fingerprint density at radius 2 is 1.55 bits per heavy atom. The minimum atomic E-state index is -5.10. The van der Waals surface area contributed by atoms with Gasteiger partial charge in [0.2, 0.25) is 0 Å². The fourth-order valence-electron chi connectivity index (χ4n) is 3.90. The van der Waals surface area contributed by atoms with E-state index in [1.54, 1.807) is 31.4 Å². The molecule has 4 rings (SSSR count). The van der Waals surface area contributed by atoms with Gasteiger partial charge >= 0.3 is 12.4 Å². The first-order valence-electron chi connectivity index (χ1n) is 11.8. The van der Waals surface area contributed by atoms with Crippen LogP contribution in [0.15, 0.2) is 60.7 Å². The number of carbonyl (C=O) groups excluding carboxylic acids is 2. The molecule has 0 aliphatic carbocycles. The van der Waals surface area contributed by atoms with Crippen LogP contribution in [-0.4, -0.2) is 38.7 Å². The van der Waals surface area contributed by atoms with Crippen molar-refractivity contribution in [3.05, 3.63) is 77.4 Å². The van der Waals surface area contributed by atoms with Gasteiger partial charge in [-0.05, 0) is 67.1 Å². The summed E-state index contributed by atoms with van der Waals surface area (Å²) in [4.78, 5) is 26.6. The highest BCUT2D eigenvalue weighted by molar-refractivity contribution is 6.05. The van der Waals surface area contributed by atoms with Gasteiger partial charge in [0.05, 0.1) is 30.5 Å². The molecular formula is C27H22F6N2O5. The van der Waals surface area contributed by atoms with E-state index in [-0.39, 0.29) is 43.1 Å². The van der Waals surface area contributed by atoms with Gasteiger partial charge in [0.15, 0.2) is 6.61 Å². The second-order valence-electron chi connectivity index (χ2n) is 8.64. The maximum absolute atomic E-state index is 13.2. The molecular weight excluding hydrogens is 546 g/mol. The van der Waals surface area contributed by atoms with Crippen LogP contribution in [0.25, 0.3) is 0 Å². The zero-order chi connectivity index (χ0) is 29.1. The van der Waals surface area contributed by atoms with Crippen molar-refractivity contribution in [2.24, 2.45) is 0 Å². The molecule has 0 unspecified atom stereocenters. The number of methoxy groups -OCH3 is 1. The maximum atomic E-state index is 13.2. The van der Waals surface area contributed by atoms with Gasteiger partial charge in [-0.15, -0.1) is 0 Å². The Hall–Kier alpha value is -4.42. The lowest BCUT2D eigenvalue weighted by Crippen LogP contribution is -2.39. The fourth-order valence-corrected chi connectivity index (χ4v) is 3.90. The molecule has 1 aliphatic heterocycles. The van der Waals surface area contributed by atoms with Gasteiger partial charge in [-0.1, -0.05) is 0 Å². The predicted molar refractivity (Wildman–Crippen MR) is 132 cm³/mol. The largest absolute Gasteiger partial charge is 0.497 e. The molecule has 7 nitrogen and oxygen atoms in total. The van der Waals surface area contributed by atoms with Crippen LogP contribution in [0.4, 0.5) is 37.7 Å². The zero-order valence-electron chi connectivity index (χ0n) is 20.9. The first-order valence-corrected chi connectivity index (χ1v) is 11.8. The molecule has 2 amide bonds. The van der Waals surface area contributed by atoms with Crippen LogP contribution in [0.1, 0.15) is 27.9 Å². The minimum absolute atomic E-state index is 0.0347. The summed E-state index contributed by atoms with van der Waals surface area (Å²) in [6, 6.07) is 11.7. The van der Waals surface area contributed by atoms with E-state index in [2.05, 4.69) is 5.32 Å². The number of ether oxygens (including phenoxy) is 3. The van der Waals surface area contributed by atoms with E-state index in [9.17, 15) is 35.9 Å². The Morgan fingerprint density at radius 3 is 2.15 bits per heavy atom. The molecule has 1 N–H and O–H groups in total. The van der Waals surface area contributed by atoms with Crippen molar-refractivity contribution in [1.29, 1.82) is 0 Å². The van der Waals surface area contributed by atoms with Crippen LogP contribution in [0.5, 0.6) is 17.2 Å². The lowest BCUT2D eigenvalue weighted by Gasteiger charge is -2.30. The summed E-state index contributed by atoms with van der Waals surface area (Å²) in [5, 5.41) is 2.30. The summed E-state index contributed by atoms with van der Waals surface area (Å²) in [7, 11) is 1.54. The van der Waals surface area contributed by atoms with Gasteiger partial charge in [-0.2, -0.15) is 26.3 Å². The average molecular weight is 568 g/mol. The molecule has 13 heteroatoms. The molecule has 0 bridgehead atoms. The fraction of sp³-hybridized carbons (Fsp3) is 0.259. The Balaban J connectivity index is 1.48. The highest BCUT2D eigenvalue weighted by Crippen LogP contribution is 2.37. The van der Waals surface area contributed by atoms with E-state index in [0.29, 0.717) is 35.8 Å². The van der Waals surface area contributed by atoms with E-state index in [1.807, 2.05) is 0 Å². The minimum Gasteiger partial charge on any atom is -0.497 e. The number of anilines is 2. The van der Waals surface area contributed by atoms with Crippen LogP contribution in [0, 0.1) is 0 Å². The number of halogens is 6. The summed E-state index contributed by atoms with van der Waals surface area (Å²) in [6.45, 7) is 0.244. The highest BCUT2D eigenvalue weighted by Gasteiger charge is 2.37. The van der Waals surface area contributed by atoms with Crippen LogP contribution in [0.3, 0.4) is 0 Å². The molecule has 0 aromatic heterocycles. The van der Waals surface area contributed by atoms with Gasteiger partial charge in [-0.3, -0.25) is 9.59 Å². The van der Waals surface area contributed by atoms with Gasteiger partial charge in [-0.25, -0.2) is 0 Å². The molecule has 0 atom stereocenters. The standard InChI is InChI=1S/C27H22F6N2O5/c1-38-20-4-6-21(7-5-20)39-10-2-9-35-22-14-19(3-8-23(22)40-15-24(35)36)34-25(37)16-11-17(26(28,29)30)13-18(12-16)27(31,32)33/h3-8,11-14H,2,9-10,15H2,1H3,(H,34,37). The first kappa shape index (κ1) is 28.6. The SMILES string of the molecule is COc1ccc(OCCCN2C(=O)COc3ccc(NC(=O)c4cc(C(F)(F)F)cc(C(F)(F)F)c4)cc32)cc1. The molecule has 0 saturated heterocycles. The van der Waals surface area contributed by atoms with Crippen molar-refractivity contribution in [3.63, 3.8) is 0 Å². The number of hydrogen-bond acceptors (Lipinski definition) is 5. The van der Waals surface area contributed by atoms with Crippen LogP contribution in [0.2, 0.25) is 0 Å². The number of hydrogen-bond donors (Lipinski definition) is 1. The van der Waals surface area contributed by atoms with Crippen LogP contribution < -0.4 is 24.4 Å². The number of rotatable bonds is 8. The quantitative estimate of drug-likeness (QED) is 0.260. The van der Waals surface area contributed by atoms with Crippen LogP contribution in [-0.2, 0) is 17.1 Å². The Morgan fingerprint density at radius 1 is 0.925 bits per heavy atom. The van der Waals surface area contributed by atoms with E-state index >= 15 is 0 Å². The predicted octanol–water partition coefficient (Wildman–Crippen LogP) is 6.18. The molecule has 0 spiro atoms. The summed E-state index contributed by atoms with van der Waals surface area (Å²) >= 11 is 0. The lowest BCUT2D eigenvalue weighted by atomic mass is 10.0. The van der Waals surface area contributed by atoms with Gasteiger partial charge < -0.3 is 24.4 Å². The average Bonchev–Trinajstić information content (AvgIpc) is 2.91. The third kappa shape index (κ3) is 6.77. The molecule has 0 fully saturated rings. The molecule has 1 heterocycles. The van der Waals surface area contributed by atoms with Crippen molar-refractivity contribution in [2.75, 3.05) is 37.1 Å². The Bertz CT molecular complexity index is 1360. The number of alkyl halides is 6. The number of amides is 2. The van der Waals surface area contributed by atoms with Gasteiger partial charge in [0.25, 0.3) is 11.8 Å². The summed E-state index contributed by atoms with van der Waals surface area (Å²) in [6.07, 6.45) is -9.78. The third-order valence-electron chi connectivity index (χ3n) is 5.86. The number of nitrogens with zero attached hydrogens (tertiary/aromatic N) is 1. The third-order valence-corrected chi connectivity index (χ3v) is 5.86. The van der Waals surface area contributed by atoms with E-state index in [4.69, 9.17) is 14.2 Å². The second-order valence-corrected chi connectivity index (χ2v) is 8.64. The monoisotopic (exact) mass is 568 g/mol. The normalized spacial score (nSPS) is 13.4. The Kier molecular flexibility index (Phi) is 8.12. The van der Waals surface area contributed by atoms with E-state index in [1.165, 1.54) is 23.1 Å². The van der Waals surface area contributed by atoms with Crippen molar-refractivity contribution >= 4 is 23.2 Å². The summed E-state index contributed by atoms with van der Waals surface area (Å²) < 4.78 is 95.3. The first-order chi connectivity index (χ1) is 18.8. The van der Waals surface area contributed by atoms with Crippen molar-refractivity contribution in [2.45, 2.75) is 18.8 Å². The van der Waals surface area contributed by atoms with Crippen LogP contribution >= 0.6 is 0 Å². The molecule has 3 aromatic rings. The molecule has 40 heavy (non-hydrogen) atoms. The molecule has 0 saturated carbocycles. The van der Waals surface area contributed by atoms with Crippen molar-refractivity contribution < 1.29 is 50.1 Å². The summed E-state index contributed by atoms with van der Waals surface area (Å²) in [5.41, 5.74) is -3.74. The Labute approximate surface area is 224 Å². The van der Waals surface area contributed by atoms with Gasteiger partial charge in [0.1, 0.15) is 17.2 Å². The maximum Gasteiger partial charge on any atom is 0.416 e. The molecule has 212 valence electrons. The number of carbonyl (C=O) groups is 2. The molecule has 3 aromatic carbocycles. The second kappa shape index (κ2) is 11.4.